The van der Waals surface area contributed by atoms with E-state index < -0.39 is 12.7 Å². The van der Waals surface area contributed by atoms with E-state index in [-0.39, 0.29) is 5.41 Å². The van der Waals surface area contributed by atoms with Gasteiger partial charge in [0.15, 0.2) is 0 Å². The minimum Gasteiger partial charge on any atom is -0.382 e. The van der Waals surface area contributed by atoms with Crippen molar-refractivity contribution in [1.82, 2.24) is 15.1 Å². The minimum absolute atomic E-state index is 0.0259. The second-order valence-corrected chi connectivity index (χ2v) is 12.4. The molecule has 2 heterocycles. The van der Waals surface area contributed by atoms with E-state index in [0.29, 0.717) is 38.1 Å². The third-order valence-corrected chi connectivity index (χ3v) is 7.90. The molecule has 0 spiro atoms. The largest absolute Gasteiger partial charge is 0.401 e. The van der Waals surface area contributed by atoms with E-state index in [0.717, 1.165) is 38.9 Å². The Bertz CT molecular complexity index is 1030. The second kappa shape index (κ2) is 12.4. The first kappa shape index (κ1) is 28.9. The molecule has 2 saturated heterocycles. The lowest BCUT2D eigenvalue weighted by atomic mass is 9.83. The summed E-state index contributed by atoms with van der Waals surface area (Å²) in [6, 6.07) is 16.3. The Kier molecular flexibility index (Phi) is 9.43. The zero-order valence-corrected chi connectivity index (χ0v) is 23.5. The fourth-order valence-electron chi connectivity index (χ4n) is 5.63. The standard InChI is InChI=1S/C31H45F3N4/c1-23(26-6-5-7-29(20-26)36-28-8-10-35-11-9-28)16-24-17-25(19-27(18-24)30(2,3)4)21-37-12-14-38(15-13-37)22-31(32,33)34/h5-7,17-20,23,28,35-36H,8-16,21-22H2,1-4H3. The highest BCUT2D eigenvalue weighted by atomic mass is 19.4. The van der Waals surface area contributed by atoms with Crippen molar-refractivity contribution in [2.75, 3.05) is 51.1 Å². The van der Waals surface area contributed by atoms with E-state index in [1.165, 1.54) is 32.8 Å². The van der Waals surface area contributed by atoms with Gasteiger partial charge in [0.1, 0.15) is 0 Å². The number of piperazine rings is 1. The summed E-state index contributed by atoms with van der Waals surface area (Å²) in [6.07, 6.45) is -0.871. The average molecular weight is 531 g/mol. The van der Waals surface area contributed by atoms with Crippen LogP contribution in [0.15, 0.2) is 42.5 Å². The molecule has 2 N–H and O–H groups in total. The van der Waals surface area contributed by atoms with Crippen molar-refractivity contribution < 1.29 is 13.2 Å². The van der Waals surface area contributed by atoms with Crippen LogP contribution in [0.1, 0.15) is 68.7 Å². The van der Waals surface area contributed by atoms with Gasteiger partial charge in [-0.05, 0) is 78.1 Å². The van der Waals surface area contributed by atoms with Gasteiger partial charge in [0.25, 0.3) is 0 Å². The Hall–Kier alpha value is -2.09. The van der Waals surface area contributed by atoms with Crippen molar-refractivity contribution in [3.05, 3.63) is 64.7 Å². The zero-order chi connectivity index (χ0) is 27.3. The minimum atomic E-state index is -4.13. The van der Waals surface area contributed by atoms with Gasteiger partial charge in [-0.2, -0.15) is 13.2 Å². The molecule has 0 aliphatic carbocycles. The Morgan fingerprint density at radius 2 is 1.58 bits per heavy atom. The molecular formula is C31H45F3N4. The van der Waals surface area contributed by atoms with Crippen molar-refractivity contribution in [1.29, 1.82) is 0 Å². The van der Waals surface area contributed by atoms with Crippen molar-refractivity contribution >= 4 is 5.69 Å². The fraction of sp³-hybridized carbons (Fsp3) is 0.613. The molecule has 210 valence electrons. The van der Waals surface area contributed by atoms with Gasteiger partial charge < -0.3 is 10.6 Å². The Morgan fingerprint density at radius 1 is 0.921 bits per heavy atom. The molecule has 2 aliphatic rings. The topological polar surface area (TPSA) is 30.5 Å². The Labute approximate surface area is 227 Å². The summed E-state index contributed by atoms with van der Waals surface area (Å²) >= 11 is 0. The van der Waals surface area contributed by atoms with Gasteiger partial charge in [0.05, 0.1) is 6.54 Å². The summed E-state index contributed by atoms with van der Waals surface area (Å²) in [5, 5.41) is 7.15. The van der Waals surface area contributed by atoms with Crippen molar-refractivity contribution in [2.45, 2.75) is 77.1 Å². The highest BCUT2D eigenvalue weighted by molar-refractivity contribution is 5.48. The molecule has 2 fully saturated rings. The van der Waals surface area contributed by atoms with Crippen LogP contribution in [0.2, 0.25) is 0 Å². The van der Waals surface area contributed by atoms with Crippen LogP contribution in [-0.4, -0.2) is 67.8 Å². The van der Waals surface area contributed by atoms with Crippen molar-refractivity contribution in [2.24, 2.45) is 0 Å². The van der Waals surface area contributed by atoms with Gasteiger partial charge in [-0.15, -0.1) is 0 Å². The number of piperidine rings is 1. The molecule has 0 radical (unpaired) electrons. The first-order valence-corrected chi connectivity index (χ1v) is 14.2. The zero-order valence-electron chi connectivity index (χ0n) is 23.5. The monoisotopic (exact) mass is 530 g/mol. The number of hydrogen-bond donors (Lipinski definition) is 2. The first-order valence-electron chi connectivity index (χ1n) is 14.2. The van der Waals surface area contributed by atoms with Crippen LogP contribution in [0.3, 0.4) is 0 Å². The lowest BCUT2D eigenvalue weighted by molar-refractivity contribution is -0.149. The molecule has 4 rings (SSSR count). The van der Waals surface area contributed by atoms with E-state index in [4.69, 9.17) is 0 Å². The molecular weight excluding hydrogens is 485 g/mol. The molecule has 0 saturated carbocycles. The summed E-state index contributed by atoms with van der Waals surface area (Å²) in [6.45, 7) is 13.4. The summed E-state index contributed by atoms with van der Waals surface area (Å²) in [7, 11) is 0. The molecule has 1 atom stereocenters. The Morgan fingerprint density at radius 3 is 2.24 bits per heavy atom. The molecule has 2 aliphatic heterocycles. The van der Waals surface area contributed by atoms with Gasteiger partial charge in [-0.3, -0.25) is 9.80 Å². The predicted octanol–water partition coefficient (Wildman–Crippen LogP) is 6.17. The normalized spacial score (nSPS) is 19.4. The van der Waals surface area contributed by atoms with E-state index in [2.05, 4.69) is 85.7 Å². The van der Waals surface area contributed by atoms with Crippen LogP contribution < -0.4 is 10.6 Å². The fourth-order valence-corrected chi connectivity index (χ4v) is 5.63. The molecule has 0 amide bonds. The van der Waals surface area contributed by atoms with Gasteiger partial charge in [-0.25, -0.2) is 0 Å². The number of rotatable bonds is 8. The number of halogens is 3. The van der Waals surface area contributed by atoms with Crippen LogP contribution in [0.5, 0.6) is 0 Å². The highest BCUT2D eigenvalue weighted by Crippen LogP contribution is 2.29. The molecule has 38 heavy (non-hydrogen) atoms. The lowest BCUT2D eigenvalue weighted by Crippen LogP contribution is -2.48. The van der Waals surface area contributed by atoms with Gasteiger partial charge in [0.2, 0.25) is 0 Å². The van der Waals surface area contributed by atoms with E-state index in [1.807, 2.05) is 0 Å². The maximum Gasteiger partial charge on any atom is 0.401 e. The molecule has 0 aromatic heterocycles. The molecule has 4 nitrogen and oxygen atoms in total. The van der Waals surface area contributed by atoms with Crippen molar-refractivity contribution in [3.8, 4) is 0 Å². The first-order chi connectivity index (χ1) is 17.9. The van der Waals surface area contributed by atoms with Crippen molar-refractivity contribution in [3.63, 3.8) is 0 Å². The summed E-state index contributed by atoms with van der Waals surface area (Å²) < 4.78 is 38.3. The molecule has 7 heteroatoms. The molecule has 1 unspecified atom stereocenters. The summed E-state index contributed by atoms with van der Waals surface area (Å²) in [5.41, 5.74) is 6.47. The number of benzene rings is 2. The lowest BCUT2D eigenvalue weighted by Gasteiger charge is -2.35. The quantitative estimate of drug-likeness (QED) is 0.427. The van der Waals surface area contributed by atoms with Crippen LogP contribution in [0.25, 0.3) is 0 Å². The van der Waals surface area contributed by atoms with Crippen LogP contribution >= 0.6 is 0 Å². The number of nitrogens with one attached hydrogen (secondary N) is 2. The van der Waals surface area contributed by atoms with E-state index in [9.17, 15) is 13.2 Å². The van der Waals surface area contributed by atoms with Crippen LogP contribution in [0, 0.1) is 0 Å². The van der Waals surface area contributed by atoms with Crippen LogP contribution in [-0.2, 0) is 18.4 Å². The summed E-state index contributed by atoms with van der Waals surface area (Å²) in [5.74, 6) is 0.374. The summed E-state index contributed by atoms with van der Waals surface area (Å²) in [4.78, 5) is 3.81. The average Bonchev–Trinajstić information content (AvgIpc) is 2.84. The SMILES string of the molecule is CC(Cc1cc(CN2CCN(CC(F)(F)F)CC2)cc(C(C)(C)C)c1)c1cccc(NC2CCNCC2)c1. The number of alkyl halides is 3. The molecule has 2 aromatic carbocycles. The van der Waals surface area contributed by atoms with Gasteiger partial charge in [0, 0.05) is 44.5 Å². The maximum absolute atomic E-state index is 12.8. The number of hydrogen-bond acceptors (Lipinski definition) is 4. The van der Waals surface area contributed by atoms with E-state index >= 15 is 0 Å². The van der Waals surface area contributed by atoms with E-state index in [1.54, 1.807) is 0 Å². The predicted molar refractivity (Wildman–Crippen MR) is 151 cm³/mol. The van der Waals surface area contributed by atoms with Crippen LogP contribution in [0.4, 0.5) is 18.9 Å². The second-order valence-electron chi connectivity index (χ2n) is 12.4. The molecule has 0 bridgehead atoms. The third-order valence-electron chi connectivity index (χ3n) is 7.90. The van der Waals surface area contributed by atoms with Gasteiger partial charge >= 0.3 is 6.18 Å². The Balaban J connectivity index is 1.43. The number of nitrogens with zero attached hydrogens (tertiary/aromatic N) is 2. The van der Waals surface area contributed by atoms with Gasteiger partial charge in [-0.1, -0.05) is 58.0 Å². The smallest absolute Gasteiger partial charge is 0.382 e. The molecule has 2 aromatic rings. The number of anilines is 1. The highest BCUT2D eigenvalue weighted by Gasteiger charge is 2.32. The maximum atomic E-state index is 12.8. The third kappa shape index (κ3) is 8.72.